The van der Waals surface area contributed by atoms with Crippen molar-refractivity contribution in [3.8, 4) is 23.0 Å². The first kappa shape index (κ1) is 21.9. The summed E-state index contributed by atoms with van der Waals surface area (Å²) in [7, 11) is 0. The van der Waals surface area contributed by atoms with Gasteiger partial charge in [-0.15, -0.1) is 0 Å². The van der Waals surface area contributed by atoms with Gasteiger partial charge in [-0.1, -0.05) is 6.07 Å². The molecule has 7 nitrogen and oxygen atoms in total. The number of aliphatic hydroxyl groups is 1. The summed E-state index contributed by atoms with van der Waals surface area (Å²) in [6.45, 7) is -0.572. The van der Waals surface area contributed by atoms with Crippen LogP contribution in [0.4, 0.5) is 13.2 Å². The lowest BCUT2D eigenvalue weighted by molar-refractivity contribution is 0.0952. The SMILES string of the molecule is N#C[C@@H](CO)CC(=O)c1cc(-c2ccc(C(F)F)nc2)nn(-c2cccc(F)c2)c1=O. The molecule has 3 aromatic rings. The topological polar surface area (TPSA) is 109 Å². The van der Waals surface area contributed by atoms with Gasteiger partial charge in [-0.3, -0.25) is 14.6 Å². The van der Waals surface area contributed by atoms with Gasteiger partial charge in [-0.2, -0.15) is 15.0 Å². The number of halogens is 3. The van der Waals surface area contributed by atoms with E-state index in [2.05, 4.69) is 10.1 Å². The number of ketones is 1. The molecule has 1 N–H and O–H groups in total. The minimum atomic E-state index is -2.78. The van der Waals surface area contributed by atoms with Crippen LogP contribution in [0.2, 0.25) is 0 Å². The van der Waals surface area contributed by atoms with Gasteiger partial charge in [-0.25, -0.2) is 13.2 Å². The molecule has 0 fully saturated rings. The van der Waals surface area contributed by atoms with E-state index in [1.54, 1.807) is 6.07 Å². The van der Waals surface area contributed by atoms with Crippen molar-refractivity contribution in [2.45, 2.75) is 12.8 Å². The predicted molar refractivity (Wildman–Crippen MR) is 103 cm³/mol. The van der Waals surface area contributed by atoms with Crippen molar-refractivity contribution in [1.82, 2.24) is 14.8 Å². The van der Waals surface area contributed by atoms with Crippen LogP contribution in [0.5, 0.6) is 0 Å². The van der Waals surface area contributed by atoms with Gasteiger partial charge in [0.15, 0.2) is 5.78 Å². The number of carbonyl (C=O) groups excluding carboxylic acids is 1. The molecule has 0 radical (unpaired) electrons. The average molecular weight is 428 g/mol. The van der Waals surface area contributed by atoms with E-state index in [0.717, 1.165) is 35.1 Å². The van der Waals surface area contributed by atoms with Gasteiger partial charge in [0.2, 0.25) is 0 Å². The lowest BCUT2D eigenvalue weighted by Gasteiger charge is -2.11. The summed E-state index contributed by atoms with van der Waals surface area (Å²) in [6, 6.07) is 10.3. The van der Waals surface area contributed by atoms with Gasteiger partial charge in [-0.05, 0) is 36.4 Å². The van der Waals surface area contributed by atoms with Crippen LogP contribution in [0.1, 0.15) is 28.9 Å². The molecule has 0 unspecified atom stereocenters. The van der Waals surface area contributed by atoms with Crippen molar-refractivity contribution >= 4 is 5.78 Å². The monoisotopic (exact) mass is 428 g/mol. The molecule has 1 aromatic carbocycles. The highest BCUT2D eigenvalue weighted by molar-refractivity contribution is 5.97. The maximum absolute atomic E-state index is 13.7. The number of pyridine rings is 1. The molecule has 0 aliphatic carbocycles. The van der Waals surface area contributed by atoms with Gasteiger partial charge >= 0.3 is 0 Å². The van der Waals surface area contributed by atoms with Crippen molar-refractivity contribution in [2.75, 3.05) is 6.61 Å². The van der Waals surface area contributed by atoms with Gasteiger partial charge in [0.1, 0.15) is 11.5 Å². The molecule has 1 atom stereocenters. The summed E-state index contributed by atoms with van der Waals surface area (Å²) in [5.41, 5.74) is -1.33. The van der Waals surface area contributed by atoms with Crippen molar-refractivity contribution in [3.05, 3.63) is 76.1 Å². The first-order chi connectivity index (χ1) is 14.8. The van der Waals surface area contributed by atoms with Crippen LogP contribution in [0.15, 0.2) is 53.5 Å². The predicted octanol–water partition coefficient (Wildman–Crippen LogP) is 3.08. The number of aliphatic hydroxyl groups excluding tert-OH is 1. The molecule has 0 bridgehead atoms. The summed E-state index contributed by atoms with van der Waals surface area (Å²) in [5.74, 6) is -2.38. The number of Topliss-reactive ketones (excluding diaryl/α,β-unsaturated/α-hetero) is 1. The highest BCUT2D eigenvalue weighted by Gasteiger charge is 2.21. The Bertz CT molecular complexity index is 1200. The molecule has 0 aliphatic rings. The molecular weight excluding hydrogens is 413 g/mol. The Morgan fingerprint density at radius 2 is 2.00 bits per heavy atom. The third-order valence-electron chi connectivity index (χ3n) is 4.41. The van der Waals surface area contributed by atoms with Crippen molar-refractivity contribution in [3.63, 3.8) is 0 Å². The third-order valence-corrected chi connectivity index (χ3v) is 4.41. The number of aromatic nitrogens is 3. The molecule has 0 saturated heterocycles. The molecule has 3 rings (SSSR count). The smallest absolute Gasteiger partial charge is 0.282 e. The lowest BCUT2D eigenvalue weighted by Crippen LogP contribution is -2.29. The summed E-state index contributed by atoms with van der Waals surface area (Å²) < 4.78 is 40.1. The number of carbonyl (C=O) groups is 1. The number of rotatable bonds is 7. The Balaban J connectivity index is 2.17. The average Bonchev–Trinajstić information content (AvgIpc) is 2.77. The zero-order chi connectivity index (χ0) is 22.5. The molecule has 0 amide bonds. The maximum atomic E-state index is 13.7. The summed E-state index contributed by atoms with van der Waals surface area (Å²) in [4.78, 5) is 29.2. The Kier molecular flexibility index (Phi) is 6.57. The van der Waals surface area contributed by atoms with E-state index in [9.17, 15) is 27.9 Å². The second-order valence-corrected chi connectivity index (χ2v) is 6.55. The van der Waals surface area contributed by atoms with Crippen LogP contribution in [-0.4, -0.2) is 32.3 Å². The van der Waals surface area contributed by atoms with Crippen LogP contribution in [0, 0.1) is 23.1 Å². The molecule has 0 saturated carbocycles. The van der Waals surface area contributed by atoms with Gasteiger partial charge in [0.05, 0.1) is 35.5 Å². The highest BCUT2D eigenvalue weighted by Crippen LogP contribution is 2.22. The third kappa shape index (κ3) is 4.84. The van der Waals surface area contributed by atoms with E-state index in [1.807, 2.05) is 0 Å². The Morgan fingerprint density at radius 1 is 1.23 bits per heavy atom. The van der Waals surface area contributed by atoms with Crippen LogP contribution in [-0.2, 0) is 0 Å². The van der Waals surface area contributed by atoms with Crippen LogP contribution in [0.3, 0.4) is 0 Å². The van der Waals surface area contributed by atoms with Crippen molar-refractivity contribution in [2.24, 2.45) is 5.92 Å². The largest absolute Gasteiger partial charge is 0.395 e. The summed E-state index contributed by atoms with van der Waals surface area (Å²) in [6.07, 6.45) is -2.08. The Labute approximate surface area is 174 Å². The second-order valence-electron chi connectivity index (χ2n) is 6.55. The quantitative estimate of drug-likeness (QED) is 0.580. The minimum absolute atomic E-state index is 0.0389. The molecule has 10 heteroatoms. The fraction of sp³-hybridized carbons (Fsp3) is 0.190. The number of nitrogens with zero attached hydrogens (tertiary/aromatic N) is 4. The number of nitriles is 1. The molecule has 2 heterocycles. The molecule has 2 aromatic heterocycles. The molecular formula is C21H15F3N4O3. The Hall–Kier alpha value is -3.84. The fourth-order valence-electron chi connectivity index (χ4n) is 2.79. The van der Waals surface area contributed by atoms with E-state index >= 15 is 0 Å². The van der Waals surface area contributed by atoms with Crippen LogP contribution >= 0.6 is 0 Å². The highest BCUT2D eigenvalue weighted by atomic mass is 19.3. The van der Waals surface area contributed by atoms with Gasteiger partial charge in [0, 0.05) is 18.2 Å². The summed E-state index contributed by atoms with van der Waals surface area (Å²) in [5, 5.41) is 22.3. The minimum Gasteiger partial charge on any atom is -0.395 e. The first-order valence-corrected chi connectivity index (χ1v) is 9.02. The van der Waals surface area contributed by atoms with Crippen LogP contribution < -0.4 is 5.56 Å². The number of hydrogen-bond acceptors (Lipinski definition) is 6. The zero-order valence-corrected chi connectivity index (χ0v) is 15.9. The van der Waals surface area contributed by atoms with E-state index in [1.165, 1.54) is 18.2 Å². The Morgan fingerprint density at radius 3 is 2.58 bits per heavy atom. The number of alkyl halides is 2. The van der Waals surface area contributed by atoms with Crippen LogP contribution in [0.25, 0.3) is 16.9 Å². The van der Waals surface area contributed by atoms with E-state index in [-0.39, 0.29) is 22.5 Å². The normalized spacial score (nSPS) is 11.9. The van der Waals surface area contributed by atoms with Crippen molar-refractivity contribution < 1.29 is 23.1 Å². The molecule has 158 valence electrons. The fourth-order valence-corrected chi connectivity index (χ4v) is 2.79. The second kappa shape index (κ2) is 9.32. The lowest BCUT2D eigenvalue weighted by atomic mass is 10.00. The zero-order valence-electron chi connectivity index (χ0n) is 15.9. The number of hydrogen-bond donors (Lipinski definition) is 1. The van der Waals surface area contributed by atoms with E-state index in [4.69, 9.17) is 5.26 Å². The van der Waals surface area contributed by atoms with Crippen molar-refractivity contribution in [1.29, 1.82) is 5.26 Å². The standard InChI is InChI=1S/C21H15F3N4O3/c22-14-2-1-3-15(7-14)28-21(31)16(19(30)6-12(9-25)11-29)8-18(27-28)13-4-5-17(20(23)24)26-10-13/h1-5,7-8,10,12,20,29H,6,11H2/t12-/m0/s1. The molecule has 0 spiro atoms. The number of benzene rings is 1. The molecule has 31 heavy (non-hydrogen) atoms. The van der Waals surface area contributed by atoms with Gasteiger partial charge in [0.25, 0.3) is 12.0 Å². The maximum Gasteiger partial charge on any atom is 0.282 e. The van der Waals surface area contributed by atoms with E-state index in [0.29, 0.717) is 0 Å². The first-order valence-electron chi connectivity index (χ1n) is 9.02. The molecule has 0 aliphatic heterocycles. The summed E-state index contributed by atoms with van der Waals surface area (Å²) >= 11 is 0. The van der Waals surface area contributed by atoms with E-state index < -0.39 is 48.2 Å². The van der Waals surface area contributed by atoms with Gasteiger partial charge < -0.3 is 5.11 Å².